The van der Waals surface area contributed by atoms with Crippen LogP contribution in [0.25, 0.3) is 0 Å². The van der Waals surface area contributed by atoms with E-state index in [-0.39, 0.29) is 5.91 Å². The number of fused-ring (bicyclic) bond motifs is 1. The van der Waals surface area contributed by atoms with E-state index >= 15 is 0 Å². The summed E-state index contributed by atoms with van der Waals surface area (Å²) in [5.74, 6) is 2.93. The highest BCUT2D eigenvalue weighted by Crippen LogP contribution is 2.36. The van der Waals surface area contributed by atoms with E-state index in [1.54, 1.807) is 18.4 Å². The number of ether oxygens (including phenoxy) is 1. The van der Waals surface area contributed by atoms with E-state index in [0.29, 0.717) is 6.54 Å². The molecule has 0 aliphatic carbocycles. The molecule has 20 heavy (non-hydrogen) atoms. The molecular weight excluding hydrogens is 290 g/mol. The number of rotatable bonds is 4. The zero-order chi connectivity index (χ0) is 13.9. The zero-order valence-electron chi connectivity index (χ0n) is 11.1. The summed E-state index contributed by atoms with van der Waals surface area (Å²) in [4.78, 5) is 14.3. The number of thiophene rings is 1. The second-order valence-corrected chi connectivity index (χ2v) is 6.70. The molecule has 2 heterocycles. The third kappa shape index (κ3) is 2.83. The molecule has 5 heteroatoms. The summed E-state index contributed by atoms with van der Waals surface area (Å²) in [6.07, 6.45) is 0. The van der Waals surface area contributed by atoms with Crippen molar-refractivity contribution in [3.63, 3.8) is 0 Å². The van der Waals surface area contributed by atoms with Crippen LogP contribution in [0.5, 0.6) is 5.75 Å². The number of carbonyl (C=O) groups is 1. The Morgan fingerprint density at radius 3 is 2.80 bits per heavy atom. The highest BCUT2D eigenvalue weighted by atomic mass is 32.2. The van der Waals surface area contributed by atoms with Gasteiger partial charge in [-0.15, -0.1) is 11.3 Å². The molecule has 3 nitrogen and oxygen atoms in total. The molecule has 3 rings (SSSR count). The lowest BCUT2D eigenvalue weighted by molar-refractivity contribution is 0.0955. The summed E-state index contributed by atoms with van der Waals surface area (Å²) >= 11 is 3.53. The van der Waals surface area contributed by atoms with Crippen LogP contribution in [0.2, 0.25) is 0 Å². The minimum Gasteiger partial charge on any atom is -0.497 e. The van der Waals surface area contributed by atoms with Crippen molar-refractivity contribution in [2.24, 2.45) is 0 Å². The lowest BCUT2D eigenvalue weighted by Gasteiger charge is -2.05. The van der Waals surface area contributed by atoms with Crippen molar-refractivity contribution in [3.05, 3.63) is 51.2 Å². The number of nitrogens with one attached hydrogen (secondary N) is 1. The molecule has 1 aliphatic rings. The third-order valence-corrected chi connectivity index (χ3v) is 5.59. The number of amides is 1. The van der Waals surface area contributed by atoms with E-state index < -0.39 is 0 Å². The molecular formula is C15H15NO2S2. The Morgan fingerprint density at radius 2 is 2.10 bits per heavy atom. The molecule has 0 saturated carbocycles. The SMILES string of the molecule is COc1ccc(CNC(=O)c2cc3c(s2)CSC3)cc1. The second-order valence-electron chi connectivity index (χ2n) is 4.58. The Morgan fingerprint density at radius 1 is 1.30 bits per heavy atom. The quantitative estimate of drug-likeness (QED) is 0.940. The van der Waals surface area contributed by atoms with Gasteiger partial charge in [-0.25, -0.2) is 0 Å². The predicted octanol–water partition coefficient (Wildman–Crippen LogP) is 3.43. The van der Waals surface area contributed by atoms with Crippen LogP contribution in [-0.2, 0) is 18.1 Å². The Bertz CT molecular complexity index is 598. The summed E-state index contributed by atoms with van der Waals surface area (Å²) < 4.78 is 5.11. The van der Waals surface area contributed by atoms with Crippen molar-refractivity contribution in [2.45, 2.75) is 18.1 Å². The first-order valence-corrected chi connectivity index (χ1v) is 8.34. The van der Waals surface area contributed by atoms with Crippen molar-refractivity contribution in [3.8, 4) is 5.75 Å². The fraction of sp³-hybridized carbons (Fsp3) is 0.267. The van der Waals surface area contributed by atoms with Crippen LogP contribution < -0.4 is 10.1 Å². The molecule has 0 unspecified atom stereocenters. The van der Waals surface area contributed by atoms with Gasteiger partial charge in [0.2, 0.25) is 0 Å². The van der Waals surface area contributed by atoms with Crippen LogP contribution in [0, 0.1) is 0 Å². The van der Waals surface area contributed by atoms with Gasteiger partial charge < -0.3 is 10.1 Å². The minimum absolute atomic E-state index is 0.0187. The summed E-state index contributed by atoms with van der Waals surface area (Å²) in [6.45, 7) is 0.542. The first kappa shape index (κ1) is 13.5. The smallest absolute Gasteiger partial charge is 0.261 e. The van der Waals surface area contributed by atoms with Crippen LogP contribution in [0.4, 0.5) is 0 Å². The van der Waals surface area contributed by atoms with E-state index in [2.05, 4.69) is 5.32 Å². The lowest BCUT2D eigenvalue weighted by atomic mass is 10.2. The number of carbonyl (C=O) groups excluding carboxylic acids is 1. The summed E-state index contributed by atoms with van der Waals surface area (Å²) in [7, 11) is 1.64. The Hall–Kier alpha value is -1.46. The van der Waals surface area contributed by atoms with Gasteiger partial charge in [0.05, 0.1) is 12.0 Å². The van der Waals surface area contributed by atoms with Crippen molar-refractivity contribution in [1.29, 1.82) is 0 Å². The van der Waals surface area contributed by atoms with Crippen molar-refractivity contribution >= 4 is 29.0 Å². The molecule has 0 spiro atoms. The molecule has 2 aromatic rings. The van der Waals surface area contributed by atoms with Gasteiger partial charge in [-0.2, -0.15) is 11.8 Å². The number of hydrogen-bond acceptors (Lipinski definition) is 4. The average molecular weight is 305 g/mol. The molecule has 0 saturated heterocycles. The van der Waals surface area contributed by atoms with Crippen LogP contribution in [0.15, 0.2) is 30.3 Å². The van der Waals surface area contributed by atoms with Gasteiger partial charge >= 0.3 is 0 Å². The fourth-order valence-electron chi connectivity index (χ4n) is 2.09. The Balaban J connectivity index is 1.60. The van der Waals surface area contributed by atoms with Gasteiger partial charge in [-0.3, -0.25) is 4.79 Å². The highest BCUT2D eigenvalue weighted by molar-refractivity contribution is 7.98. The first-order chi connectivity index (χ1) is 9.76. The van der Waals surface area contributed by atoms with E-state index in [9.17, 15) is 4.79 Å². The van der Waals surface area contributed by atoms with Crippen molar-refractivity contribution in [1.82, 2.24) is 5.32 Å². The molecule has 1 amide bonds. The monoisotopic (exact) mass is 305 g/mol. The molecule has 1 aromatic carbocycles. The predicted molar refractivity (Wildman–Crippen MR) is 83.5 cm³/mol. The molecule has 1 N–H and O–H groups in total. The maximum absolute atomic E-state index is 12.1. The maximum Gasteiger partial charge on any atom is 0.261 e. The zero-order valence-corrected chi connectivity index (χ0v) is 12.8. The summed E-state index contributed by atoms with van der Waals surface area (Å²) in [5.41, 5.74) is 2.40. The van der Waals surface area contributed by atoms with Gasteiger partial charge in [-0.05, 0) is 29.3 Å². The largest absolute Gasteiger partial charge is 0.497 e. The summed E-state index contributed by atoms with van der Waals surface area (Å²) in [5, 5.41) is 2.97. The first-order valence-electron chi connectivity index (χ1n) is 6.37. The standard InChI is InChI=1S/C15H15NO2S2/c1-18-12-4-2-10(3-5-12)7-16-15(17)13-6-11-8-19-9-14(11)20-13/h2-6H,7-9H2,1H3,(H,16,17). The van der Waals surface area contributed by atoms with Crippen molar-refractivity contribution < 1.29 is 9.53 Å². The minimum atomic E-state index is 0.0187. The highest BCUT2D eigenvalue weighted by Gasteiger charge is 2.18. The molecule has 1 aromatic heterocycles. The summed E-state index contributed by atoms with van der Waals surface area (Å²) in [6, 6.07) is 9.76. The van der Waals surface area contributed by atoms with E-state index in [1.807, 2.05) is 42.1 Å². The topological polar surface area (TPSA) is 38.3 Å². The molecule has 0 fully saturated rings. The van der Waals surface area contributed by atoms with E-state index in [1.165, 1.54) is 10.4 Å². The van der Waals surface area contributed by atoms with E-state index in [4.69, 9.17) is 4.74 Å². The van der Waals surface area contributed by atoms with Gasteiger partial charge in [0.1, 0.15) is 5.75 Å². The van der Waals surface area contributed by atoms with Crippen LogP contribution in [-0.4, -0.2) is 13.0 Å². The van der Waals surface area contributed by atoms with Crippen LogP contribution in [0.3, 0.4) is 0 Å². The van der Waals surface area contributed by atoms with Crippen LogP contribution >= 0.6 is 23.1 Å². The van der Waals surface area contributed by atoms with Crippen LogP contribution in [0.1, 0.15) is 25.7 Å². The van der Waals surface area contributed by atoms with E-state index in [0.717, 1.165) is 27.7 Å². The van der Waals surface area contributed by atoms with Gasteiger partial charge in [-0.1, -0.05) is 12.1 Å². The molecule has 0 radical (unpaired) electrons. The number of benzene rings is 1. The molecule has 104 valence electrons. The average Bonchev–Trinajstić information content (AvgIpc) is 3.06. The Labute approximate surface area is 126 Å². The van der Waals surface area contributed by atoms with Crippen molar-refractivity contribution in [2.75, 3.05) is 7.11 Å². The third-order valence-electron chi connectivity index (χ3n) is 3.22. The lowest BCUT2D eigenvalue weighted by Crippen LogP contribution is -2.21. The number of thioether (sulfide) groups is 1. The normalized spacial score (nSPS) is 13.1. The Kier molecular flexibility index (Phi) is 3.98. The number of methoxy groups -OCH3 is 1. The molecule has 1 aliphatic heterocycles. The van der Waals surface area contributed by atoms with Gasteiger partial charge in [0, 0.05) is 22.9 Å². The number of hydrogen-bond donors (Lipinski definition) is 1. The van der Waals surface area contributed by atoms with Gasteiger partial charge in [0.15, 0.2) is 0 Å². The molecule has 0 atom stereocenters. The fourth-order valence-corrected chi connectivity index (χ4v) is 4.51. The van der Waals surface area contributed by atoms with Gasteiger partial charge in [0.25, 0.3) is 5.91 Å². The maximum atomic E-state index is 12.1. The molecule has 0 bridgehead atoms. The second kappa shape index (κ2) is 5.89.